The fourth-order valence-corrected chi connectivity index (χ4v) is 3.51. The molecule has 122 valence electrons. The number of aliphatic hydroxyl groups is 1. The van der Waals surface area contributed by atoms with Crippen molar-refractivity contribution in [2.24, 2.45) is 11.8 Å². The third-order valence-corrected chi connectivity index (χ3v) is 4.75. The van der Waals surface area contributed by atoms with Crippen molar-refractivity contribution in [2.75, 3.05) is 18.5 Å². The Hall–Kier alpha value is -1.56. The monoisotopic (exact) mass is 306 g/mol. The number of carbonyl (C=O) groups excluding carboxylic acids is 1. The zero-order valence-electron chi connectivity index (χ0n) is 13.0. The van der Waals surface area contributed by atoms with Crippen LogP contribution in [0.15, 0.2) is 12.4 Å². The number of rotatable bonds is 7. The van der Waals surface area contributed by atoms with Crippen LogP contribution in [-0.2, 0) is 11.3 Å². The number of anilines is 1. The van der Waals surface area contributed by atoms with Crippen LogP contribution in [0.3, 0.4) is 0 Å². The molecule has 2 aliphatic rings. The van der Waals surface area contributed by atoms with Crippen LogP contribution in [0.25, 0.3) is 0 Å². The first-order chi connectivity index (χ1) is 10.7. The first kappa shape index (κ1) is 15.3. The van der Waals surface area contributed by atoms with E-state index in [-0.39, 0.29) is 25.6 Å². The molecule has 3 rings (SSSR count). The van der Waals surface area contributed by atoms with Crippen LogP contribution in [0.1, 0.15) is 38.5 Å². The lowest BCUT2D eigenvalue weighted by atomic mass is 9.82. The van der Waals surface area contributed by atoms with Gasteiger partial charge in [-0.05, 0) is 37.5 Å². The zero-order chi connectivity index (χ0) is 15.4. The highest BCUT2D eigenvalue weighted by atomic mass is 16.3. The van der Waals surface area contributed by atoms with Gasteiger partial charge in [0.05, 0.1) is 18.5 Å². The predicted octanol–water partition coefficient (Wildman–Crippen LogP) is 1.37. The Labute approximate surface area is 131 Å². The quantitative estimate of drug-likeness (QED) is 0.711. The molecule has 6 nitrogen and oxygen atoms in total. The number of amides is 1. The minimum absolute atomic E-state index is 0.0402. The number of aliphatic hydroxyl groups excluding tert-OH is 1. The average Bonchev–Trinajstić information content (AvgIpc) is 3.28. The molecular formula is C16H26N4O2. The molecule has 0 aromatic carbocycles. The van der Waals surface area contributed by atoms with Gasteiger partial charge in [0.1, 0.15) is 6.54 Å². The lowest BCUT2D eigenvalue weighted by Gasteiger charge is -2.30. The molecule has 0 spiro atoms. The summed E-state index contributed by atoms with van der Waals surface area (Å²) in [7, 11) is 0. The number of hydrogen-bond donors (Lipinski definition) is 3. The van der Waals surface area contributed by atoms with Gasteiger partial charge in [0.15, 0.2) is 0 Å². The van der Waals surface area contributed by atoms with Gasteiger partial charge in [-0.3, -0.25) is 9.48 Å². The summed E-state index contributed by atoms with van der Waals surface area (Å²) in [5.41, 5.74) is 0.997. The van der Waals surface area contributed by atoms with Crippen LogP contribution in [-0.4, -0.2) is 40.0 Å². The average molecular weight is 306 g/mol. The second-order valence-electron chi connectivity index (χ2n) is 6.61. The molecule has 2 saturated carbocycles. The number of nitrogens with one attached hydrogen (secondary N) is 2. The Bertz CT molecular complexity index is 498. The summed E-state index contributed by atoms with van der Waals surface area (Å²) in [6, 6.07) is 0.542. The van der Waals surface area contributed by atoms with E-state index in [9.17, 15) is 4.79 Å². The fourth-order valence-electron chi connectivity index (χ4n) is 3.51. The summed E-state index contributed by atoms with van der Waals surface area (Å²) in [6.45, 7) is 0.439. The van der Waals surface area contributed by atoms with E-state index in [4.69, 9.17) is 5.11 Å². The Balaban J connectivity index is 1.47. The molecule has 22 heavy (non-hydrogen) atoms. The normalized spacial score (nSPS) is 25.0. The van der Waals surface area contributed by atoms with E-state index >= 15 is 0 Å². The minimum Gasteiger partial charge on any atom is -0.395 e. The maximum atomic E-state index is 11.6. The van der Waals surface area contributed by atoms with Gasteiger partial charge in [-0.2, -0.15) is 5.10 Å². The van der Waals surface area contributed by atoms with Crippen molar-refractivity contribution in [1.29, 1.82) is 0 Å². The Morgan fingerprint density at radius 3 is 2.95 bits per heavy atom. The molecule has 2 aliphatic carbocycles. The van der Waals surface area contributed by atoms with Crippen molar-refractivity contribution in [2.45, 2.75) is 51.1 Å². The third kappa shape index (κ3) is 4.22. The van der Waals surface area contributed by atoms with Gasteiger partial charge < -0.3 is 15.7 Å². The van der Waals surface area contributed by atoms with E-state index in [0.717, 1.165) is 17.5 Å². The van der Waals surface area contributed by atoms with Gasteiger partial charge in [-0.1, -0.05) is 12.8 Å². The SMILES string of the molecule is O=C(Cn1cc(NC2CCCC(C3CC3)C2)cn1)NCCO. The summed E-state index contributed by atoms with van der Waals surface area (Å²) in [4.78, 5) is 11.6. The third-order valence-electron chi connectivity index (χ3n) is 4.75. The van der Waals surface area contributed by atoms with Crippen molar-refractivity contribution in [3.05, 3.63) is 12.4 Å². The van der Waals surface area contributed by atoms with E-state index < -0.39 is 0 Å². The van der Waals surface area contributed by atoms with Gasteiger partial charge in [0.25, 0.3) is 0 Å². The molecule has 1 aromatic rings. The lowest BCUT2D eigenvalue weighted by molar-refractivity contribution is -0.122. The highest BCUT2D eigenvalue weighted by Crippen LogP contribution is 2.44. The molecule has 1 amide bonds. The van der Waals surface area contributed by atoms with Crippen LogP contribution >= 0.6 is 0 Å². The zero-order valence-corrected chi connectivity index (χ0v) is 13.0. The number of hydrogen-bond acceptors (Lipinski definition) is 4. The molecular weight excluding hydrogens is 280 g/mol. The van der Waals surface area contributed by atoms with E-state index in [1.54, 1.807) is 10.9 Å². The molecule has 6 heteroatoms. The summed E-state index contributed by atoms with van der Waals surface area (Å²) in [5.74, 6) is 1.77. The first-order valence-electron chi connectivity index (χ1n) is 8.41. The topological polar surface area (TPSA) is 79.2 Å². The van der Waals surface area contributed by atoms with Crippen LogP contribution in [0, 0.1) is 11.8 Å². The van der Waals surface area contributed by atoms with Gasteiger partial charge in [0.2, 0.25) is 5.91 Å². The molecule has 0 saturated heterocycles. The van der Waals surface area contributed by atoms with Gasteiger partial charge in [0, 0.05) is 18.8 Å². The number of nitrogens with zero attached hydrogens (tertiary/aromatic N) is 2. The van der Waals surface area contributed by atoms with Crippen LogP contribution in [0.4, 0.5) is 5.69 Å². The second kappa shape index (κ2) is 7.13. The lowest BCUT2D eigenvalue weighted by Crippen LogP contribution is -2.30. The predicted molar refractivity (Wildman–Crippen MR) is 84.4 cm³/mol. The van der Waals surface area contributed by atoms with E-state index in [0.29, 0.717) is 6.04 Å². The van der Waals surface area contributed by atoms with Crippen LogP contribution < -0.4 is 10.6 Å². The van der Waals surface area contributed by atoms with E-state index in [2.05, 4.69) is 15.7 Å². The van der Waals surface area contributed by atoms with Crippen LogP contribution in [0.2, 0.25) is 0 Å². The van der Waals surface area contributed by atoms with E-state index in [1.165, 1.54) is 38.5 Å². The van der Waals surface area contributed by atoms with Crippen molar-refractivity contribution in [3.8, 4) is 0 Å². The van der Waals surface area contributed by atoms with Crippen molar-refractivity contribution in [1.82, 2.24) is 15.1 Å². The summed E-state index contributed by atoms with van der Waals surface area (Å²) < 4.78 is 1.64. The Morgan fingerprint density at radius 2 is 2.18 bits per heavy atom. The standard InChI is InChI=1S/C16H26N4O2/c21-7-6-17-16(22)11-20-10-15(9-18-20)19-14-3-1-2-13(8-14)12-4-5-12/h9-10,12-14,19,21H,1-8,11H2,(H,17,22). The van der Waals surface area contributed by atoms with Crippen molar-refractivity contribution in [3.63, 3.8) is 0 Å². The molecule has 1 aromatic heterocycles. The summed E-state index contributed by atoms with van der Waals surface area (Å²) >= 11 is 0. The molecule has 2 atom stereocenters. The first-order valence-corrected chi connectivity index (χ1v) is 8.41. The molecule has 1 heterocycles. The van der Waals surface area contributed by atoms with Gasteiger partial charge >= 0.3 is 0 Å². The number of aromatic nitrogens is 2. The van der Waals surface area contributed by atoms with E-state index in [1.807, 2.05) is 6.20 Å². The maximum Gasteiger partial charge on any atom is 0.241 e. The molecule has 0 radical (unpaired) electrons. The minimum atomic E-state index is -0.129. The maximum absolute atomic E-state index is 11.6. The Kier molecular flexibility index (Phi) is 4.97. The van der Waals surface area contributed by atoms with Crippen LogP contribution in [0.5, 0.6) is 0 Å². The molecule has 2 unspecified atom stereocenters. The molecule has 2 fully saturated rings. The van der Waals surface area contributed by atoms with Crippen molar-refractivity contribution < 1.29 is 9.90 Å². The summed E-state index contributed by atoms with van der Waals surface area (Å²) in [6.07, 6.45) is 11.7. The molecule has 3 N–H and O–H groups in total. The largest absolute Gasteiger partial charge is 0.395 e. The Morgan fingerprint density at radius 1 is 1.32 bits per heavy atom. The highest BCUT2D eigenvalue weighted by molar-refractivity contribution is 5.75. The smallest absolute Gasteiger partial charge is 0.241 e. The summed E-state index contributed by atoms with van der Waals surface area (Å²) in [5, 5.41) is 19.1. The fraction of sp³-hybridized carbons (Fsp3) is 0.750. The second-order valence-corrected chi connectivity index (χ2v) is 6.61. The highest BCUT2D eigenvalue weighted by Gasteiger charge is 2.34. The molecule has 0 aliphatic heterocycles. The molecule has 0 bridgehead atoms. The number of carbonyl (C=O) groups is 1. The van der Waals surface area contributed by atoms with Gasteiger partial charge in [-0.15, -0.1) is 0 Å². The van der Waals surface area contributed by atoms with Gasteiger partial charge in [-0.25, -0.2) is 0 Å². The van der Waals surface area contributed by atoms with Crippen molar-refractivity contribution >= 4 is 11.6 Å².